The molecule has 0 saturated heterocycles. The largest absolute Gasteiger partial charge is 0.437 e. The molecular weight excluding hydrogens is 280 g/mol. The molecule has 0 aromatic carbocycles. The highest BCUT2D eigenvalue weighted by atomic mass is 79.9. The Hall–Kier alpha value is -1.14. The van der Waals surface area contributed by atoms with E-state index in [1.165, 1.54) is 16.0 Å². The lowest BCUT2D eigenvalue weighted by molar-refractivity contribution is 0.497. The highest BCUT2D eigenvalue weighted by Gasteiger charge is 2.10. The summed E-state index contributed by atoms with van der Waals surface area (Å²) in [7, 11) is 0. The van der Waals surface area contributed by atoms with Crippen molar-refractivity contribution in [3.8, 4) is 10.8 Å². The minimum Gasteiger partial charge on any atom is -0.387 e. The fourth-order valence-corrected chi connectivity index (χ4v) is 1.95. The van der Waals surface area contributed by atoms with Crippen molar-refractivity contribution in [3.05, 3.63) is 39.1 Å². The topological polar surface area (TPSA) is 48.0 Å². The van der Waals surface area contributed by atoms with Crippen LogP contribution >= 0.6 is 27.3 Å². The second-order valence-corrected chi connectivity index (χ2v) is 4.89. The Labute approximate surface area is 98.0 Å². The second kappa shape index (κ2) is 4.16. The van der Waals surface area contributed by atoms with Crippen LogP contribution in [0.1, 0.15) is 0 Å². The first-order chi connectivity index (χ1) is 7.16. The van der Waals surface area contributed by atoms with Gasteiger partial charge in [-0.15, -0.1) is 16.4 Å². The zero-order valence-electron chi connectivity index (χ0n) is 7.64. The van der Waals surface area contributed by atoms with Crippen LogP contribution in [0, 0.1) is 0 Å². The number of allylic oxidation sites excluding steroid dienone is 1. The molecule has 2 rings (SSSR count). The predicted molar refractivity (Wildman–Crippen MR) is 62.1 cm³/mol. The van der Waals surface area contributed by atoms with Crippen LogP contribution in [0.25, 0.3) is 10.8 Å². The summed E-state index contributed by atoms with van der Waals surface area (Å²) in [5.41, 5.74) is 0. The van der Waals surface area contributed by atoms with E-state index >= 15 is 0 Å². The first-order valence-corrected chi connectivity index (χ1v) is 5.79. The van der Waals surface area contributed by atoms with Gasteiger partial charge in [0.1, 0.15) is 0 Å². The Morgan fingerprint density at radius 2 is 2.53 bits per heavy atom. The molecule has 0 N–H and O–H groups in total. The van der Waals surface area contributed by atoms with Crippen LogP contribution in [0.15, 0.2) is 37.8 Å². The van der Waals surface area contributed by atoms with Crippen LogP contribution in [-0.2, 0) is 6.54 Å². The van der Waals surface area contributed by atoms with E-state index in [2.05, 4.69) is 27.6 Å². The lowest BCUT2D eigenvalue weighted by Gasteiger charge is -1.92. The van der Waals surface area contributed by atoms with Gasteiger partial charge in [-0.3, -0.25) is 0 Å². The van der Waals surface area contributed by atoms with Gasteiger partial charge in [-0.05, 0) is 11.4 Å². The van der Waals surface area contributed by atoms with Crippen LogP contribution < -0.4 is 5.76 Å². The van der Waals surface area contributed by atoms with E-state index < -0.39 is 5.76 Å². The number of hydrogen-bond donors (Lipinski definition) is 0. The number of nitrogens with zero attached hydrogens (tertiary/aromatic N) is 2. The van der Waals surface area contributed by atoms with Crippen LogP contribution in [0.5, 0.6) is 0 Å². The molecule has 0 aliphatic rings. The third kappa shape index (κ3) is 2.27. The minimum atomic E-state index is -0.473. The average molecular weight is 287 g/mol. The summed E-state index contributed by atoms with van der Waals surface area (Å²) in [4.78, 5) is 12.2. The molecular formula is C9H7BrN2O2S. The first-order valence-electron chi connectivity index (χ1n) is 4.12. The number of hydrogen-bond acceptors (Lipinski definition) is 4. The van der Waals surface area contributed by atoms with Crippen molar-refractivity contribution in [1.82, 2.24) is 9.78 Å². The van der Waals surface area contributed by atoms with E-state index in [9.17, 15) is 4.79 Å². The van der Waals surface area contributed by atoms with Crippen molar-refractivity contribution in [2.24, 2.45) is 0 Å². The lowest BCUT2D eigenvalue weighted by Crippen LogP contribution is -2.15. The summed E-state index contributed by atoms with van der Waals surface area (Å²) in [6, 6.07) is 3.73. The minimum absolute atomic E-state index is 0.313. The summed E-state index contributed by atoms with van der Waals surface area (Å²) in [5, 5.41) is 5.95. The van der Waals surface area contributed by atoms with Gasteiger partial charge in [0.2, 0.25) is 0 Å². The van der Waals surface area contributed by atoms with E-state index in [0.29, 0.717) is 16.9 Å². The van der Waals surface area contributed by atoms with Crippen LogP contribution in [0.3, 0.4) is 0 Å². The molecule has 78 valence electrons. The Bertz CT molecular complexity index is 527. The summed E-state index contributed by atoms with van der Waals surface area (Å²) >= 11 is 4.64. The Kier molecular flexibility index (Phi) is 2.88. The van der Waals surface area contributed by atoms with Crippen molar-refractivity contribution in [3.63, 3.8) is 0 Å². The molecule has 0 aliphatic carbocycles. The molecule has 0 atom stereocenters. The lowest BCUT2D eigenvalue weighted by atomic mass is 10.5. The van der Waals surface area contributed by atoms with Gasteiger partial charge < -0.3 is 4.42 Å². The van der Waals surface area contributed by atoms with E-state index in [1.54, 1.807) is 0 Å². The second-order valence-electron chi connectivity index (χ2n) is 2.83. The molecule has 15 heavy (non-hydrogen) atoms. The summed E-state index contributed by atoms with van der Waals surface area (Å²) in [6.45, 7) is 3.95. The van der Waals surface area contributed by atoms with Crippen molar-refractivity contribution >= 4 is 27.3 Å². The monoisotopic (exact) mass is 286 g/mol. The fourth-order valence-electron chi connectivity index (χ4n) is 1.07. The molecule has 0 spiro atoms. The molecule has 2 aromatic heterocycles. The molecule has 4 nitrogen and oxygen atoms in total. The molecule has 0 aliphatic heterocycles. The molecule has 0 radical (unpaired) electrons. The number of thiophene rings is 1. The molecule has 2 heterocycles. The van der Waals surface area contributed by atoms with Gasteiger partial charge in [-0.25, -0.2) is 4.79 Å². The van der Waals surface area contributed by atoms with Gasteiger partial charge in [0.15, 0.2) is 0 Å². The maximum Gasteiger partial charge on any atom is 0.437 e. The molecule has 0 amide bonds. The van der Waals surface area contributed by atoms with Crippen molar-refractivity contribution in [2.75, 3.05) is 0 Å². The normalized spacial score (nSPS) is 10.5. The summed E-state index contributed by atoms with van der Waals surface area (Å²) in [6.07, 6.45) is 0. The summed E-state index contributed by atoms with van der Waals surface area (Å²) < 4.78 is 6.91. The maximum absolute atomic E-state index is 11.3. The Morgan fingerprint density at radius 1 is 1.73 bits per heavy atom. The first kappa shape index (κ1) is 10.4. The van der Waals surface area contributed by atoms with Crippen molar-refractivity contribution < 1.29 is 4.42 Å². The van der Waals surface area contributed by atoms with Gasteiger partial charge in [0.05, 0.1) is 11.4 Å². The van der Waals surface area contributed by atoms with Crippen molar-refractivity contribution in [1.29, 1.82) is 0 Å². The van der Waals surface area contributed by atoms with E-state index in [-0.39, 0.29) is 0 Å². The molecule has 6 heteroatoms. The van der Waals surface area contributed by atoms with E-state index in [1.807, 2.05) is 17.5 Å². The molecule has 0 bridgehead atoms. The summed E-state index contributed by atoms with van der Waals surface area (Å²) in [5.74, 6) is -0.122. The van der Waals surface area contributed by atoms with Gasteiger partial charge in [-0.1, -0.05) is 28.6 Å². The number of rotatable bonds is 3. The Morgan fingerprint density at radius 3 is 3.13 bits per heavy atom. The quantitative estimate of drug-likeness (QED) is 0.871. The smallest absolute Gasteiger partial charge is 0.387 e. The van der Waals surface area contributed by atoms with Gasteiger partial charge in [0.25, 0.3) is 5.89 Å². The SMILES string of the molecule is C=C(Br)Cn1nc(-c2cccs2)oc1=O. The number of halogens is 1. The zero-order valence-corrected chi connectivity index (χ0v) is 10.0. The van der Waals surface area contributed by atoms with Crippen LogP contribution in [0.4, 0.5) is 0 Å². The number of aromatic nitrogens is 2. The Balaban J connectivity index is 2.37. The van der Waals surface area contributed by atoms with Crippen LogP contribution in [-0.4, -0.2) is 9.78 Å². The standard InChI is InChI=1S/C9H7BrN2O2S/c1-6(10)5-12-9(13)14-8(11-12)7-3-2-4-15-7/h2-4H,1,5H2. The van der Waals surface area contributed by atoms with Gasteiger partial charge in [-0.2, -0.15) is 4.68 Å². The van der Waals surface area contributed by atoms with Gasteiger partial charge >= 0.3 is 5.76 Å². The highest BCUT2D eigenvalue weighted by Crippen LogP contribution is 2.21. The van der Waals surface area contributed by atoms with E-state index in [4.69, 9.17) is 4.42 Å². The predicted octanol–water partition coefficient (Wildman–Crippen LogP) is 2.47. The van der Waals surface area contributed by atoms with Crippen LogP contribution in [0.2, 0.25) is 0 Å². The third-order valence-corrected chi connectivity index (χ3v) is 2.77. The van der Waals surface area contributed by atoms with Gasteiger partial charge in [0, 0.05) is 4.48 Å². The molecule has 0 saturated carbocycles. The fraction of sp³-hybridized carbons (Fsp3) is 0.111. The van der Waals surface area contributed by atoms with Crippen molar-refractivity contribution in [2.45, 2.75) is 6.54 Å². The molecule has 2 aromatic rings. The molecule has 0 fully saturated rings. The maximum atomic E-state index is 11.3. The third-order valence-electron chi connectivity index (χ3n) is 1.66. The van der Waals surface area contributed by atoms with E-state index in [0.717, 1.165) is 4.88 Å². The molecule has 0 unspecified atom stereocenters. The average Bonchev–Trinajstić information content (AvgIpc) is 2.75. The highest BCUT2D eigenvalue weighted by molar-refractivity contribution is 9.11. The zero-order chi connectivity index (χ0) is 10.8.